The van der Waals surface area contributed by atoms with Crippen LogP contribution in [0.5, 0.6) is 5.75 Å². The van der Waals surface area contributed by atoms with Crippen LogP contribution < -0.4 is 0 Å². The van der Waals surface area contributed by atoms with Crippen LogP contribution in [-0.2, 0) is 10.8 Å². The molecule has 0 bridgehead atoms. The van der Waals surface area contributed by atoms with Crippen LogP contribution in [0, 0.1) is 20.7 Å². The first-order valence-electron chi connectivity index (χ1n) is 27.8. The predicted molar refractivity (Wildman–Crippen MR) is 239 cm³/mol. The SMILES string of the molecule is [2H]c1nc(-c2cc(-c3cccc4c3nc(-c3cc(C)cc(C)c3O)n4-c3ccc(C([2H])([2H])[2H])cc3-c3ccccc3)cc(C(C)(C)C)c2)c([2H])c(-c2c([2H])c([2H])c(C(C([2H])([2H])[2H])(C([2H])([2H])[2H])C([2H])([2H])[2H])c([2H])c2[2H])c1[2H]. The van der Waals surface area contributed by atoms with Gasteiger partial charge in [0.05, 0.1) is 37.6 Å². The molecule has 4 heteroatoms. The lowest BCUT2D eigenvalue weighted by Crippen LogP contribution is -2.11. The lowest BCUT2D eigenvalue weighted by atomic mass is 9.83. The molecule has 2 aromatic heterocycles. The fraction of sp³-hybridized carbons (Fsp3) is 0.208. The lowest BCUT2D eigenvalue weighted by Gasteiger charge is -2.22. The number of phenols is 1. The van der Waals surface area contributed by atoms with Gasteiger partial charge in [-0.05, 0) is 125 Å². The minimum Gasteiger partial charge on any atom is -0.507 e. The molecule has 0 aliphatic carbocycles. The van der Waals surface area contributed by atoms with Crippen LogP contribution in [0.1, 0.15) is 95.2 Å². The maximum atomic E-state index is 11.8. The van der Waals surface area contributed by atoms with E-state index in [1.807, 2.05) is 86.9 Å². The number of benzene rings is 6. The molecule has 0 saturated heterocycles. The van der Waals surface area contributed by atoms with E-state index in [0.29, 0.717) is 61.5 Å². The Morgan fingerprint density at radius 3 is 2.12 bits per heavy atom. The van der Waals surface area contributed by atoms with Gasteiger partial charge in [-0.1, -0.05) is 132 Å². The Morgan fingerprint density at radius 1 is 0.632 bits per heavy atom. The highest BCUT2D eigenvalue weighted by atomic mass is 16.3. The quantitative estimate of drug-likeness (QED) is 0.183. The third-order valence-corrected chi connectivity index (χ3v) is 9.92. The zero-order valence-electron chi connectivity index (χ0n) is 51.0. The normalized spacial score (nSPS) is 17.7. The Balaban J connectivity index is 1.43. The van der Waals surface area contributed by atoms with Crippen LogP contribution in [0.4, 0.5) is 0 Å². The van der Waals surface area contributed by atoms with E-state index in [9.17, 15) is 6.48 Å². The average molecular weight is 765 g/mol. The molecule has 0 atom stereocenters. The number of hydrogen-bond acceptors (Lipinski definition) is 3. The van der Waals surface area contributed by atoms with E-state index in [4.69, 9.17) is 29.7 Å². The van der Waals surface area contributed by atoms with Crippen molar-refractivity contribution in [1.82, 2.24) is 14.5 Å². The van der Waals surface area contributed by atoms with Crippen molar-refractivity contribution in [3.05, 3.63) is 167 Å². The number of para-hydroxylation sites is 1. The summed E-state index contributed by atoms with van der Waals surface area (Å²) in [5, 5.41) is 11.8. The summed E-state index contributed by atoms with van der Waals surface area (Å²) in [6, 6.07) is 22.1. The smallest absolute Gasteiger partial charge is 0.149 e. The fourth-order valence-electron chi connectivity index (χ4n) is 7.02. The number of aromatic hydroxyl groups is 1. The number of phenolic OH excluding ortho intramolecular Hbond substituents is 1. The Kier molecular flexibility index (Phi) is 5.37. The second-order valence-electron chi connectivity index (χ2n) is 15.3. The molecule has 0 unspecified atom stereocenters. The highest BCUT2D eigenvalue weighted by Gasteiger charge is 2.24. The van der Waals surface area contributed by atoms with Gasteiger partial charge in [0, 0.05) is 39.3 Å². The van der Waals surface area contributed by atoms with E-state index in [0.717, 1.165) is 5.56 Å². The zero-order valence-corrected chi connectivity index (χ0v) is 32.0. The van der Waals surface area contributed by atoms with Crippen LogP contribution in [0.15, 0.2) is 139 Å². The molecule has 0 aliphatic heterocycles. The van der Waals surface area contributed by atoms with Crippen molar-refractivity contribution in [1.29, 1.82) is 0 Å². The molecular formula is C53H51N3O. The summed E-state index contributed by atoms with van der Waals surface area (Å²) in [6.07, 6.45) is -0.760. The van der Waals surface area contributed by atoms with Crippen molar-refractivity contribution in [2.45, 2.75) is 72.9 Å². The van der Waals surface area contributed by atoms with Crippen LogP contribution in [0.2, 0.25) is 0 Å². The van der Waals surface area contributed by atoms with E-state index in [1.165, 1.54) is 6.07 Å². The Labute approximate surface area is 364 Å². The third kappa shape index (κ3) is 7.29. The first kappa shape index (κ1) is 21.3. The molecule has 1 N–H and O–H groups in total. The fourth-order valence-corrected chi connectivity index (χ4v) is 7.02. The van der Waals surface area contributed by atoms with Crippen LogP contribution in [0.3, 0.4) is 0 Å². The first-order chi connectivity index (χ1) is 35.0. The van der Waals surface area contributed by atoms with Gasteiger partial charge in [-0.25, -0.2) is 4.98 Å². The number of aryl methyl sites for hydroxylation is 3. The molecular weight excluding hydrogens is 695 g/mol. The zero-order chi connectivity index (χ0) is 56.3. The monoisotopic (exact) mass is 765 g/mol. The number of nitrogens with zero attached hydrogens (tertiary/aromatic N) is 3. The lowest BCUT2D eigenvalue weighted by molar-refractivity contribution is 0.472. The summed E-state index contributed by atoms with van der Waals surface area (Å²) in [5.74, 6) is 0.291. The van der Waals surface area contributed by atoms with Gasteiger partial charge in [0.15, 0.2) is 0 Å². The van der Waals surface area contributed by atoms with Crippen LogP contribution >= 0.6 is 0 Å². The molecule has 0 spiro atoms. The topological polar surface area (TPSA) is 50.9 Å². The standard InChI is InChI=1S/C53H51N3O/c1-33-18-23-47(44(27-33)37-14-11-10-12-15-37)56-48-17-13-16-43(49(48)55-51(56)45-28-34(2)26-35(3)50(45)57)39-29-40(31-42(30-39)53(7,8)9)46-32-38(24-25-54-46)36-19-21-41(22-20-36)52(4,5)6/h10-32,57H,1-9H3/i1D3,4D3,5D3,6D3,19D,20D,21D,22D,24D,25D,32D. The van der Waals surface area contributed by atoms with Gasteiger partial charge >= 0.3 is 0 Å². The highest BCUT2D eigenvalue weighted by Crippen LogP contribution is 2.43. The van der Waals surface area contributed by atoms with Crippen molar-refractivity contribution in [3.63, 3.8) is 0 Å². The number of hydrogen-bond donors (Lipinski definition) is 1. The maximum Gasteiger partial charge on any atom is 0.149 e. The number of pyridine rings is 1. The van der Waals surface area contributed by atoms with Gasteiger partial charge in [-0.3, -0.25) is 9.55 Å². The average Bonchev–Trinajstić information content (AvgIpc) is 3.71. The molecule has 8 aromatic rings. The molecule has 284 valence electrons. The molecule has 4 nitrogen and oxygen atoms in total. The van der Waals surface area contributed by atoms with Crippen molar-refractivity contribution >= 4 is 11.0 Å². The summed E-state index contributed by atoms with van der Waals surface area (Å²) in [4.78, 5) is 9.64. The van der Waals surface area contributed by atoms with Gasteiger partial charge < -0.3 is 5.11 Å². The van der Waals surface area contributed by atoms with Crippen LogP contribution in [0.25, 0.3) is 72.7 Å². The number of rotatable bonds is 6. The predicted octanol–water partition coefficient (Wildman–Crippen LogP) is 14.0. The van der Waals surface area contributed by atoms with E-state index in [1.54, 1.807) is 43.3 Å². The Morgan fingerprint density at radius 2 is 1.39 bits per heavy atom. The molecule has 0 aliphatic rings. The van der Waals surface area contributed by atoms with Gasteiger partial charge in [0.25, 0.3) is 0 Å². The summed E-state index contributed by atoms with van der Waals surface area (Å²) in [7, 11) is 0. The van der Waals surface area contributed by atoms with E-state index < -0.39 is 97.4 Å². The van der Waals surface area contributed by atoms with Crippen LogP contribution in [-0.4, -0.2) is 19.6 Å². The number of fused-ring (bicyclic) bond motifs is 1. The molecule has 0 saturated carbocycles. The minimum atomic E-state index is -3.94. The number of aromatic nitrogens is 3. The Hall–Kier alpha value is -6.26. The summed E-state index contributed by atoms with van der Waals surface area (Å²) in [5.41, 5.74) is -0.948. The second kappa shape index (κ2) is 14.4. The maximum absolute atomic E-state index is 11.8. The van der Waals surface area contributed by atoms with E-state index in [-0.39, 0.29) is 22.6 Å². The molecule has 8 rings (SSSR count). The second-order valence-corrected chi connectivity index (χ2v) is 15.3. The van der Waals surface area contributed by atoms with Crippen molar-refractivity contribution in [2.24, 2.45) is 0 Å². The Bertz CT molecular complexity index is 3580. The minimum absolute atomic E-state index is 0.0301. The molecule has 0 radical (unpaired) electrons. The van der Waals surface area contributed by atoms with Gasteiger partial charge in [-0.15, -0.1) is 0 Å². The van der Waals surface area contributed by atoms with Gasteiger partial charge in [0.2, 0.25) is 0 Å². The summed E-state index contributed by atoms with van der Waals surface area (Å²) in [6.45, 7) is -4.78. The third-order valence-electron chi connectivity index (χ3n) is 9.92. The largest absolute Gasteiger partial charge is 0.507 e. The molecule has 0 amide bonds. The number of imidazole rings is 1. The van der Waals surface area contributed by atoms with Gasteiger partial charge in [-0.2, -0.15) is 0 Å². The molecule has 0 fully saturated rings. The summed E-state index contributed by atoms with van der Waals surface area (Å²) < 4.78 is 165. The van der Waals surface area contributed by atoms with Crippen molar-refractivity contribution < 1.29 is 31.2 Å². The highest BCUT2D eigenvalue weighted by molar-refractivity contribution is 5.98. The molecule has 2 heterocycles. The van der Waals surface area contributed by atoms with Gasteiger partial charge in [0.1, 0.15) is 11.6 Å². The van der Waals surface area contributed by atoms with Crippen molar-refractivity contribution in [2.75, 3.05) is 0 Å². The molecule has 6 aromatic carbocycles. The van der Waals surface area contributed by atoms with E-state index in [2.05, 4.69) is 4.98 Å². The van der Waals surface area contributed by atoms with E-state index >= 15 is 0 Å². The first-order valence-corrected chi connectivity index (χ1v) is 18.3. The van der Waals surface area contributed by atoms with Crippen molar-refractivity contribution in [3.8, 4) is 67.5 Å². The molecule has 57 heavy (non-hydrogen) atoms. The summed E-state index contributed by atoms with van der Waals surface area (Å²) >= 11 is 0.